The van der Waals surface area contributed by atoms with Crippen molar-refractivity contribution in [3.63, 3.8) is 0 Å². The van der Waals surface area contributed by atoms with Gasteiger partial charge in [-0.05, 0) is 31.2 Å². The van der Waals surface area contributed by atoms with Gasteiger partial charge in [0.1, 0.15) is 17.1 Å². The van der Waals surface area contributed by atoms with Crippen LogP contribution in [-0.2, 0) is 0 Å². The van der Waals surface area contributed by atoms with Crippen molar-refractivity contribution >= 4 is 32.7 Å². The first kappa shape index (κ1) is 15.0. The van der Waals surface area contributed by atoms with Crippen LogP contribution >= 0.6 is 11.3 Å². The van der Waals surface area contributed by atoms with Crippen molar-refractivity contribution in [1.82, 2.24) is 19.9 Å². The molecule has 0 unspecified atom stereocenters. The van der Waals surface area contributed by atoms with Gasteiger partial charge in [-0.2, -0.15) is 0 Å². The molecule has 0 aliphatic heterocycles. The standard InChI is InChI=1S/C19H12N4O2S/c1-10-2-5-14(25-10)18-16(11-3-4-12-15(8-11)26-9-21-12)22-17-13(24)6-7-20-19(17)23-18/h2-9H,1H3,(H,20,23,24). The van der Waals surface area contributed by atoms with E-state index in [0.717, 1.165) is 21.5 Å². The Morgan fingerprint density at radius 2 is 2.00 bits per heavy atom. The minimum absolute atomic E-state index is 0.173. The normalized spacial score (nSPS) is 11.4. The van der Waals surface area contributed by atoms with E-state index in [2.05, 4.69) is 19.9 Å². The second-order valence-corrected chi connectivity index (χ2v) is 6.79. The molecule has 0 saturated heterocycles. The van der Waals surface area contributed by atoms with Gasteiger partial charge in [-0.25, -0.2) is 15.0 Å². The van der Waals surface area contributed by atoms with Crippen molar-refractivity contribution < 1.29 is 4.42 Å². The molecule has 7 heteroatoms. The van der Waals surface area contributed by atoms with Gasteiger partial charge in [0, 0.05) is 17.8 Å². The quantitative estimate of drug-likeness (QED) is 0.511. The van der Waals surface area contributed by atoms with Gasteiger partial charge in [0.15, 0.2) is 16.9 Å². The molecule has 1 aromatic carbocycles. The lowest BCUT2D eigenvalue weighted by Crippen LogP contribution is -2.06. The number of nitrogens with one attached hydrogen (secondary N) is 1. The van der Waals surface area contributed by atoms with E-state index in [9.17, 15) is 4.79 Å². The van der Waals surface area contributed by atoms with E-state index in [1.807, 2.05) is 42.8 Å². The topological polar surface area (TPSA) is 84.7 Å². The van der Waals surface area contributed by atoms with Gasteiger partial charge < -0.3 is 9.40 Å². The average molecular weight is 360 g/mol. The number of hydrogen-bond donors (Lipinski definition) is 1. The van der Waals surface area contributed by atoms with Crippen LogP contribution in [-0.4, -0.2) is 19.9 Å². The van der Waals surface area contributed by atoms with Crippen LogP contribution < -0.4 is 5.43 Å². The van der Waals surface area contributed by atoms with Crippen molar-refractivity contribution in [2.75, 3.05) is 0 Å². The van der Waals surface area contributed by atoms with Crippen molar-refractivity contribution in [3.8, 4) is 22.7 Å². The molecule has 26 heavy (non-hydrogen) atoms. The number of nitrogens with zero attached hydrogens (tertiary/aromatic N) is 3. The Hall–Kier alpha value is -3.32. The fraction of sp³-hybridized carbons (Fsp3) is 0.0526. The molecule has 126 valence electrons. The second-order valence-electron chi connectivity index (χ2n) is 5.91. The summed E-state index contributed by atoms with van der Waals surface area (Å²) in [6.45, 7) is 1.88. The lowest BCUT2D eigenvalue weighted by molar-refractivity contribution is 0.546. The fourth-order valence-electron chi connectivity index (χ4n) is 2.92. The number of pyridine rings is 1. The summed E-state index contributed by atoms with van der Waals surface area (Å²) < 4.78 is 6.83. The third kappa shape index (κ3) is 2.33. The number of furan rings is 1. The number of aromatic amines is 1. The lowest BCUT2D eigenvalue weighted by Gasteiger charge is -2.08. The molecule has 5 rings (SSSR count). The van der Waals surface area contributed by atoms with Gasteiger partial charge in [-0.15, -0.1) is 11.3 Å². The molecule has 1 N–H and O–H groups in total. The molecule has 0 bridgehead atoms. The molecule has 0 fully saturated rings. The van der Waals surface area contributed by atoms with Crippen LogP contribution in [0.2, 0.25) is 0 Å². The number of fused-ring (bicyclic) bond motifs is 2. The molecular weight excluding hydrogens is 348 g/mol. The number of thiazole rings is 1. The molecule has 0 aliphatic rings. The SMILES string of the molecule is Cc1ccc(-c2nc3[nH]ccc(=O)c3nc2-c2ccc3ncsc3c2)o1. The summed E-state index contributed by atoms with van der Waals surface area (Å²) in [6.07, 6.45) is 1.57. The van der Waals surface area contributed by atoms with Crippen molar-refractivity contribution in [2.45, 2.75) is 6.92 Å². The van der Waals surface area contributed by atoms with Crippen molar-refractivity contribution in [2.24, 2.45) is 0 Å². The maximum Gasteiger partial charge on any atom is 0.209 e. The van der Waals surface area contributed by atoms with Gasteiger partial charge in [0.2, 0.25) is 5.43 Å². The minimum atomic E-state index is -0.173. The van der Waals surface area contributed by atoms with E-state index in [0.29, 0.717) is 28.3 Å². The summed E-state index contributed by atoms with van der Waals surface area (Å²) in [7, 11) is 0. The van der Waals surface area contributed by atoms with Crippen LogP contribution in [0.5, 0.6) is 0 Å². The molecule has 0 spiro atoms. The Morgan fingerprint density at radius 3 is 2.85 bits per heavy atom. The summed E-state index contributed by atoms with van der Waals surface area (Å²) in [6, 6.07) is 11.1. The molecule has 5 aromatic rings. The summed E-state index contributed by atoms with van der Waals surface area (Å²) in [4.78, 5) is 28.8. The Bertz CT molecular complexity index is 1330. The molecule has 4 aromatic heterocycles. The van der Waals surface area contributed by atoms with Gasteiger partial charge in [0.05, 0.1) is 15.7 Å². The molecule has 0 saturated carbocycles. The number of aromatic nitrogens is 4. The maximum atomic E-state index is 12.2. The van der Waals surface area contributed by atoms with E-state index in [-0.39, 0.29) is 5.43 Å². The molecule has 0 aliphatic carbocycles. The first-order chi connectivity index (χ1) is 12.7. The number of H-pyrrole nitrogens is 1. The Balaban J connectivity index is 1.86. The average Bonchev–Trinajstić information content (AvgIpc) is 3.29. The number of hydrogen-bond acceptors (Lipinski definition) is 6. The van der Waals surface area contributed by atoms with E-state index >= 15 is 0 Å². The lowest BCUT2D eigenvalue weighted by atomic mass is 10.1. The molecule has 0 radical (unpaired) electrons. The van der Waals surface area contributed by atoms with Gasteiger partial charge in [-0.1, -0.05) is 6.07 Å². The van der Waals surface area contributed by atoms with Crippen molar-refractivity contribution in [1.29, 1.82) is 0 Å². The summed E-state index contributed by atoms with van der Waals surface area (Å²) >= 11 is 1.56. The number of aryl methyl sites for hydroxylation is 1. The van der Waals surface area contributed by atoms with E-state index < -0.39 is 0 Å². The molecular formula is C19H12N4O2S. The Labute approximate surface area is 151 Å². The van der Waals surface area contributed by atoms with Gasteiger partial charge >= 0.3 is 0 Å². The molecule has 4 heterocycles. The van der Waals surface area contributed by atoms with Crippen LogP contribution in [0.1, 0.15) is 5.76 Å². The van der Waals surface area contributed by atoms with Gasteiger partial charge in [0.25, 0.3) is 0 Å². The highest BCUT2D eigenvalue weighted by molar-refractivity contribution is 7.16. The van der Waals surface area contributed by atoms with E-state index in [4.69, 9.17) is 4.42 Å². The Kier molecular flexibility index (Phi) is 3.23. The molecule has 6 nitrogen and oxygen atoms in total. The summed E-state index contributed by atoms with van der Waals surface area (Å²) in [5, 5.41) is 0. The van der Waals surface area contributed by atoms with E-state index in [1.165, 1.54) is 6.07 Å². The zero-order valence-corrected chi connectivity index (χ0v) is 14.5. The predicted octanol–water partition coefficient (Wildman–Crippen LogP) is 4.16. The fourth-order valence-corrected chi connectivity index (χ4v) is 3.64. The van der Waals surface area contributed by atoms with E-state index in [1.54, 1.807) is 17.5 Å². The summed E-state index contributed by atoms with van der Waals surface area (Å²) in [5.74, 6) is 1.40. The van der Waals surface area contributed by atoms with Gasteiger partial charge in [-0.3, -0.25) is 4.79 Å². The predicted molar refractivity (Wildman–Crippen MR) is 101 cm³/mol. The highest BCUT2D eigenvalue weighted by Crippen LogP contribution is 2.33. The third-order valence-electron chi connectivity index (χ3n) is 4.16. The van der Waals surface area contributed by atoms with Crippen LogP contribution in [0.3, 0.4) is 0 Å². The number of rotatable bonds is 2. The zero-order valence-electron chi connectivity index (χ0n) is 13.7. The van der Waals surface area contributed by atoms with Crippen LogP contribution in [0, 0.1) is 6.92 Å². The second kappa shape index (κ2) is 5.60. The molecule has 0 amide bonds. The van der Waals surface area contributed by atoms with Crippen molar-refractivity contribution in [3.05, 3.63) is 64.1 Å². The third-order valence-corrected chi connectivity index (χ3v) is 4.95. The molecule has 0 atom stereocenters. The summed E-state index contributed by atoms with van der Waals surface area (Å²) in [5.41, 5.74) is 5.37. The smallest absolute Gasteiger partial charge is 0.209 e. The monoisotopic (exact) mass is 360 g/mol. The first-order valence-electron chi connectivity index (χ1n) is 7.99. The minimum Gasteiger partial charge on any atom is -0.460 e. The van der Waals surface area contributed by atoms with Crippen LogP contribution in [0.25, 0.3) is 44.1 Å². The van der Waals surface area contributed by atoms with Crippen LogP contribution in [0.15, 0.2) is 57.3 Å². The highest BCUT2D eigenvalue weighted by atomic mass is 32.1. The maximum absolute atomic E-state index is 12.2. The van der Waals surface area contributed by atoms with Crippen LogP contribution in [0.4, 0.5) is 0 Å². The first-order valence-corrected chi connectivity index (χ1v) is 8.87. The number of benzene rings is 1. The zero-order chi connectivity index (χ0) is 17.7. The Morgan fingerprint density at radius 1 is 1.08 bits per heavy atom. The highest BCUT2D eigenvalue weighted by Gasteiger charge is 2.17. The largest absolute Gasteiger partial charge is 0.460 e.